The summed E-state index contributed by atoms with van der Waals surface area (Å²) in [4.78, 5) is 23.9. The molecule has 5 rings (SSSR count). The van der Waals surface area contributed by atoms with Gasteiger partial charge in [0.05, 0.1) is 27.0 Å². The number of carbonyl (C=O) groups is 1. The van der Waals surface area contributed by atoms with Gasteiger partial charge in [-0.1, -0.05) is 12.1 Å². The highest BCUT2D eigenvalue weighted by molar-refractivity contribution is 9.10. The number of aliphatic hydroxyl groups excluding tert-OH is 1. The number of fused-ring (bicyclic) bond motifs is 2. The summed E-state index contributed by atoms with van der Waals surface area (Å²) in [6.07, 6.45) is -1.38. The predicted molar refractivity (Wildman–Crippen MR) is 138 cm³/mol. The van der Waals surface area contributed by atoms with E-state index in [0.29, 0.717) is 47.0 Å². The van der Waals surface area contributed by atoms with Crippen LogP contribution in [0.2, 0.25) is 0 Å². The molecule has 13 heteroatoms. The minimum atomic E-state index is -5.04. The van der Waals surface area contributed by atoms with Gasteiger partial charge in [-0.05, 0) is 71.8 Å². The normalized spacial score (nSPS) is 23.8. The molecule has 4 atom stereocenters. The maximum atomic E-state index is 12.7. The van der Waals surface area contributed by atoms with Gasteiger partial charge in [0.15, 0.2) is 0 Å². The maximum absolute atomic E-state index is 12.7. The standard InChI is InChI=1S/C25H24BrF3N6O3/c1-24(38)14(10-18(19(24)36)35-7-6-15-20(30)31-11-32-22(15)35)5-3-12-2-4-13-9-16(26)21(33-17(13)8-12)34-23(37)25(27,28)29/h2,4,6-9,11,14,18-19,36,38H,3,5,10H2,1H3,(H2,30,31,32)(H,33,34,37)/t14-,18+,19-,24+/m0/s1. The molecular weight excluding hydrogens is 569 g/mol. The van der Waals surface area contributed by atoms with E-state index in [-0.39, 0.29) is 16.2 Å². The maximum Gasteiger partial charge on any atom is 0.471 e. The van der Waals surface area contributed by atoms with Crippen LogP contribution in [-0.4, -0.2) is 53.5 Å². The summed E-state index contributed by atoms with van der Waals surface area (Å²) in [7, 11) is 0. The monoisotopic (exact) mass is 592 g/mol. The van der Waals surface area contributed by atoms with Crippen LogP contribution in [0.3, 0.4) is 0 Å². The van der Waals surface area contributed by atoms with E-state index in [1.54, 1.807) is 42.7 Å². The topological polar surface area (TPSA) is 139 Å². The van der Waals surface area contributed by atoms with Gasteiger partial charge >= 0.3 is 12.1 Å². The predicted octanol–water partition coefficient (Wildman–Crippen LogP) is 4.13. The van der Waals surface area contributed by atoms with Crippen molar-refractivity contribution in [2.75, 3.05) is 11.1 Å². The zero-order valence-electron chi connectivity index (χ0n) is 20.1. The minimum Gasteiger partial charge on any atom is -0.388 e. The molecule has 1 saturated carbocycles. The van der Waals surface area contributed by atoms with Gasteiger partial charge in [-0.25, -0.2) is 15.0 Å². The summed E-state index contributed by atoms with van der Waals surface area (Å²) in [5.41, 5.74) is 6.42. The summed E-state index contributed by atoms with van der Waals surface area (Å²) >= 11 is 3.15. The number of alkyl halides is 3. The molecule has 0 saturated heterocycles. The number of nitrogens with one attached hydrogen (secondary N) is 1. The molecule has 0 radical (unpaired) electrons. The molecule has 1 amide bonds. The van der Waals surface area contributed by atoms with Gasteiger partial charge in [0.1, 0.15) is 29.7 Å². The van der Waals surface area contributed by atoms with Crippen LogP contribution in [0.25, 0.3) is 21.9 Å². The molecule has 0 aliphatic heterocycles. The first-order valence-corrected chi connectivity index (χ1v) is 12.6. The van der Waals surface area contributed by atoms with Gasteiger partial charge in [0.2, 0.25) is 0 Å². The van der Waals surface area contributed by atoms with Crippen LogP contribution in [0.5, 0.6) is 0 Å². The van der Waals surface area contributed by atoms with E-state index in [1.807, 2.05) is 10.6 Å². The van der Waals surface area contributed by atoms with Crippen LogP contribution in [0, 0.1) is 5.92 Å². The molecule has 3 aromatic heterocycles. The van der Waals surface area contributed by atoms with Crippen LogP contribution in [0.4, 0.5) is 24.8 Å². The fraction of sp³-hybridized carbons (Fsp3) is 0.360. The van der Waals surface area contributed by atoms with Crippen molar-refractivity contribution in [2.45, 2.75) is 50.1 Å². The van der Waals surface area contributed by atoms with Gasteiger partial charge in [0, 0.05) is 11.6 Å². The Morgan fingerprint density at radius 2 is 2.05 bits per heavy atom. The number of nitrogen functional groups attached to an aromatic ring is 1. The van der Waals surface area contributed by atoms with E-state index in [4.69, 9.17) is 5.73 Å². The smallest absolute Gasteiger partial charge is 0.388 e. The van der Waals surface area contributed by atoms with Gasteiger partial charge in [-0.2, -0.15) is 13.2 Å². The molecular formula is C25H24BrF3N6O3. The average Bonchev–Trinajstić information content (AvgIpc) is 3.37. The first kappa shape index (κ1) is 26.3. The summed E-state index contributed by atoms with van der Waals surface area (Å²) in [6.45, 7) is 1.62. The highest BCUT2D eigenvalue weighted by atomic mass is 79.9. The highest BCUT2D eigenvalue weighted by Gasteiger charge is 2.51. The summed E-state index contributed by atoms with van der Waals surface area (Å²) in [5, 5.41) is 25.4. The van der Waals surface area contributed by atoms with Gasteiger partial charge in [0.25, 0.3) is 0 Å². The number of halogens is 4. The number of rotatable bonds is 5. The molecule has 0 unspecified atom stereocenters. The van der Waals surface area contributed by atoms with Crippen molar-refractivity contribution in [1.82, 2.24) is 19.5 Å². The Morgan fingerprint density at radius 3 is 2.79 bits per heavy atom. The lowest BCUT2D eigenvalue weighted by molar-refractivity contribution is -0.167. The summed E-state index contributed by atoms with van der Waals surface area (Å²) in [5.74, 6) is -2.26. The Kier molecular flexibility index (Phi) is 6.56. The molecule has 1 aliphatic rings. The SMILES string of the molecule is C[C@@]1(O)[C@@H](CCc2ccc3cc(Br)c(NC(=O)C(F)(F)F)nc3c2)C[C@@H](n2ccc3c(N)ncnc32)[C@@H]1O. The van der Waals surface area contributed by atoms with Crippen molar-refractivity contribution in [3.8, 4) is 0 Å². The zero-order valence-corrected chi connectivity index (χ0v) is 21.7. The fourth-order valence-corrected chi connectivity index (χ4v) is 5.61. The average molecular weight is 593 g/mol. The number of benzene rings is 1. The number of pyridine rings is 1. The Labute approximate surface area is 223 Å². The highest BCUT2D eigenvalue weighted by Crippen LogP contribution is 2.46. The molecule has 0 spiro atoms. The molecule has 0 bridgehead atoms. The first-order valence-electron chi connectivity index (χ1n) is 11.8. The molecule has 1 fully saturated rings. The van der Waals surface area contributed by atoms with Crippen molar-refractivity contribution < 1.29 is 28.2 Å². The number of carbonyl (C=O) groups excluding carboxylic acids is 1. The molecule has 200 valence electrons. The lowest BCUT2D eigenvalue weighted by atomic mass is 9.86. The van der Waals surface area contributed by atoms with Crippen LogP contribution in [0.15, 0.2) is 47.3 Å². The first-order chi connectivity index (χ1) is 17.9. The number of aliphatic hydroxyl groups is 2. The lowest BCUT2D eigenvalue weighted by Gasteiger charge is -2.29. The number of hydrogen-bond donors (Lipinski definition) is 4. The van der Waals surface area contributed by atoms with Crippen molar-refractivity contribution in [2.24, 2.45) is 5.92 Å². The number of hydrogen-bond acceptors (Lipinski definition) is 7. The van der Waals surface area contributed by atoms with Crippen molar-refractivity contribution in [3.63, 3.8) is 0 Å². The van der Waals surface area contributed by atoms with Crippen molar-refractivity contribution in [1.29, 1.82) is 0 Å². The molecule has 9 nitrogen and oxygen atoms in total. The van der Waals surface area contributed by atoms with Crippen LogP contribution in [0.1, 0.15) is 31.4 Å². The number of amides is 1. The van der Waals surface area contributed by atoms with E-state index >= 15 is 0 Å². The van der Waals surface area contributed by atoms with E-state index in [1.165, 1.54) is 6.33 Å². The van der Waals surface area contributed by atoms with Crippen molar-refractivity contribution >= 4 is 55.4 Å². The summed E-state index contributed by atoms with van der Waals surface area (Å²) < 4.78 is 40.1. The van der Waals surface area contributed by atoms with Gasteiger partial charge in [-0.15, -0.1) is 0 Å². The lowest BCUT2D eigenvalue weighted by Crippen LogP contribution is -2.42. The van der Waals surface area contributed by atoms with Crippen LogP contribution in [-0.2, 0) is 11.2 Å². The second-order valence-corrected chi connectivity index (χ2v) is 10.6. The van der Waals surface area contributed by atoms with Crippen LogP contribution >= 0.6 is 15.9 Å². The minimum absolute atomic E-state index is 0.224. The number of nitrogens with two attached hydrogens (primary N) is 1. The third-order valence-electron chi connectivity index (χ3n) is 7.32. The molecule has 4 aromatic rings. The number of anilines is 2. The number of nitrogens with zero attached hydrogens (tertiary/aromatic N) is 4. The fourth-order valence-electron chi connectivity index (χ4n) is 5.17. The molecule has 1 aromatic carbocycles. The Balaban J connectivity index is 1.35. The Hall–Kier alpha value is -3.29. The largest absolute Gasteiger partial charge is 0.471 e. The van der Waals surface area contributed by atoms with E-state index in [0.717, 1.165) is 5.56 Å². The second-order valence-electron chi connectivity index (χ2n) is 9.73. The second kappa shape index (κ2) is 9.47. The molecule has 1 aliphatic carbocycles. The summed E-state index contributed by atoms with van der Waals surface area (Å²) in [6, 6.07) is 8.35. The number of aryl methyl sites for hydroxylation is 1. The third kappa shape index (κ3) is 4.69. The van der Waals surface area contributed by atoms with E-state index in [2.05, 4.69) is 30.9 Å². The third-order valence-corrected chi connectivity index (χ3v) is 7.92. The van der Waals surface area contributed by atoms with E-state index < -0.39 is 29.8 Å². The van der Waals surface area contributed by atoms with Gasteiger partial charge in [-0.3, -0.25) is 4.79 Å². The molecule has 3 heterocycles. The van der Waals surface area contributed by atoms with Gasteiger partial charge < -0.3 is 25.8 Å². The molecule has 5 N–H and O–H groups in total. The molecule has 38 heavy (non-hydrogen) atoms. The number of aromatic nitrogens is 4. The van der Waals surface area contributed by atoms with E-state index in [9.17, 15) is 28.2 Å². The Morgan fingerprint density at radius 1 is 1.29 bits per heavy atom. The van der Waals surface area contributed by atoms with Crippen molar-refractivity contribution in [3.05, 3.63) is 52.9 Å². The quantitative estimate of drug-likeness (QED) is 0.273. The zero-order chi connectivity index (χ0) is 27.4. The van der Waals surface area contributed by atoms with Crippen LogP contribution < -0.4 is 11.1 Å². The Bertz CT molecular complexity index is 1540.